The van der Waals surface area contributed by atoms with Gasteiger partial charge in [0.05, 0.1) is 29.4 Å². The lowest BCUT2D eigenvalue weighted by Gasteiger charge is -2.30. The summed E-state index contributed by atoms with van der Waals surface area (Å²) in [6, 6.07) is 16.4. The number of carbonyl (C=O) groups excluding carboxylic acids is 6. The molecule has 7 rings (SSSR count). The first-order valence-corrected chi connectivity index (χ1v) is 23.1. The van der Waals surface area contributed by atoms with Crippen LogP contribution in [0.25, 0.3) is 22.8 Å². The van der Waals surface area contributed by atoms with E-state index in [1.807, 2.05) is 19.0 Å². The molecule has 19 heteroatoms. The Hall–Kier alpha value is -7.77. The predicted molar refractivity (Wildman–Crippen MR) is 261 cm³/mol. The number of carbonyl (C=O) groups is 6. The minimum atomic E-state index is -1.41. The van der Waals surface area contributed by atoms with Gasteiger partial charge in [-0.25, -0.2) is 9.69 Å². The molecule has 5 aromatic rings. The first kappa shape index (κ1) is 50.1. The van der Waals surface area contributed by atoms with Crippen LogP contribution < -0.4 is 34.5 Å². The Morgan fingerprint density at radius 2 is 1.73 bits per heavy atom. The number of anilines is 2. The first-order chi connectivity index (χ1) is 33.6. The number of amides is 4. The molecule has 2 aromatic heterocycles. The molecule has 4 amide bonds. The third-order valence-corrected chi connectivity index (χ3v) is 11.9. The number of esters is 2. The molecule has 0 saturated carbocycles. The Morgan fingerprint density at radius 1 is 0.957 bits per heavy atom. The maximum absolute atomic E-state index is 14.4. The zero-order chi connectivity index (χ0) is 50.1. The first-order valence-electron chi connectivity index (χ1n) is 23.1. The number of aromatic nitrogens is 3. The van der Waals surface area contributed by atoms with Crippen molar-refractivity contribution in [1.82, 2.24) is 30.3 Å². The number of ether oxygens (including phenoxy) is 5. The molecule has 19 nitrogen and oxygen atoms in total. The highest BCUT2D eigenvalue weighted by Gasteiger charge is 2.37. The van der Waals surface area contributed by atoms with E-state index >= 15 is 0 Å². The molecule has 70 heavy (non-hydrogen) atoms. The van der Waals surface area contributed by atoms with Crippen molar-refractivity contribution in [3.8, 4) is 34.1 Å². The van der Waals surface area contributed by atoms with Gasteiger partial charge < -0.3 is 49.1 Å². The van der Waals surface area contributed by atoms with Crippen molar-refractivity contribution in [3.05, 3.63) is 101 Å². The van der Waals surface area contributed by atoms with E-state index in [0.29, 0.717) is 63.9 Å². The molecule has 368 valence electrons. The van der Waals surface area contributed by atoms with Gasteiger partial charge in [-0.15, -0.1) is 0 Å². The number of para-hydroxylation sites is 2. The standard InChI is InChI=1S/C51H58N8O11/c1-8-58(9-2)21-20-52-49(63)47-30(3)39(55-31(47)4)26-37-36-25-35(15-16-38(36)56-48(37)62)69-51(65)32(5)68-46(61)19-18-45(60)59(50(64)44-29-67-41-12-10-11-13-42(41)70-44)40-17-14-33(34-27-53-54-28-34)24-43(40)66-23-22-57(6)7/h10-17,24-28,32,44,55H,8-9,18-23,29H2,1-7H3,(H,52,63)(H,53,54)(H,56,62)/b37-26-. The Balaban J connectivity index is 1.02. The quantitative estimate of drug-likeness (QED) is 0.0427. The molecule has 3 aromatic carbocycles. The van der Waals surface area contributed by atoms with Crippen LogP contribution in [0.4, 0.5) is 11.4 Å². The van der Waals surface area contributed by atoms with E-state index in [9.17, 15) is 28.8 Å². The van der Waals surface area contributed by atoms with Gasteiger partial charge in [0, 0.05) is 60.5 Å². The lowest BCUT2D eigenvalue weighted by atomic mass is 10.0. The molecule has 4 N–H and O–H groups in total. The number of nitrogens with zero attached hydrogens (tertiary/aromatic N) is 4. The maximum atomic E-state index is 14.4. The lowest BCUT2D eigenvalue weighted by Crippen LogP contribution is -2.49. The third kappa shape index (κ3) is 11.7. The summed E-state index contributed by atoms with van der Waals surface area (Å²) in [5, 5.41) is 12.6. The summed E-state index contributed by atoms with van der Waals surface area (Å²) in [6.45, 7) is 12.6. The van der Waals surface area contributed by atoms with E-state index in [2.05, 4.69) is 44.6 Å². The van der Waals surface area contributed by atoms with Crippen LogP contribution in [0.15, 0.2) is 73.1 Å². The fourth-order valence-corrected chi connectivity index (χ4v) is 7.96. The van der Waals surface area contributed by atoms with Gasteiger partial charge in [-0.2, -0.15) is 5.10 Å². The van der Waals surface area contributed by atoms with Gasteiger partial charge in [-0.3, -0.25) is 29.1 Å². The summed E-state index contributed by atoms with van der Waals surface area (Å²) in [4.78, 5) is 90.0. The van der Waals surface area contributed by atoms with Gasteiger partial charge in [0.1, 0.15) is 24.7 Å². The number of rotatable bonds is 20. The molecule has 2 aliphatic rings. The smallest absolute Gasteiger partial charge is 0.352 e. The highest BCUT2D eigenvalue weighted by molar-refractivity contribution is 6.35. The predicted octanol–water partition coefficient (Wildman–Crippen LogP) is 5.54. The van der Waals surface area contributed by atoms with Crippen molar-refractivity contribution < 1.29 is 52.5 Å². The molecule has 0 fully saturated rings. The van der Waals surface area contributed by atoms with Crippen molar-refractivity contribution in [1.29, 1.82) is 0 Å². The van der Waals surface area contributed by atoms with E-state index < -0.39 is 54.7 Å². The molecule has 0 aliphatic carbocycles. The highest BCUT2D eigenvalue weighted by atomic mass is 16.6. The number of hydrogen-bond acceptors (Lipinski definition) is 14. The van der Waals surface area contributed by atoms with E-state index in [-0.39, 0.29) is 41.9 Å². The van der Waals surface area contributed by atoms with E-state index in [0.717, 1.165) is 30.1 Å². The summed E-state index contributed by atoms with van der Waals surface area (Å²) in [7, 11) is 3.76. The van der Waals surface area contributed by atoms with Crippen molar-refractivity contribution >= 4 is 58.6 Å². The molecule has 4 heterocycles. The van der Waals surface area contributed by atoms with Crippen molar-refractivity contribution in [3.63, 3.8) is 0 Å². The van der Waals surface area contributed by atoms with E-state index in [4.69, 9.17) is 23.7 Å². The lowest BCUT2D eigenvalue weighted by molar-refractivity contribution is -0.161. The second kappa shape index (κ2) is 22.6. The Morgan fingerprint density at radius 3 is 2.46 bits per heavy atom. The van der Waals surface area contributed by atoms with Gasteiger partial charge in [0.2, 0.25) is 12.0 Å². The topological polar surface area (TPSA) is 227 Å². The van der Waals surface area contributed by atoms with Crippen molar-refractivity contribution in [2.24, 2.45) is 0 Å². The van der Waals surface area contributed by atoms with Crippen LogP contribution in [0.5, 0.6) is 23.0 Å². The molecule has 0 radical (unpaired) electrons. The van der Waals surface area contributed by atoms with Gasteiger partial charge in [-0.1, -0.05) is 32.0 Å². The number of hydrogen-bond donors (Lipinski definition) is 4. The molecule has 2 unspecified atom stereocenters. The maximum Gasteiger partial charge on any atom is 0.352 e. The molecule has 2 atom stereocenters. The number of imide groups is 1. The summed E-state index contributed by atoms with van der Waals surface area (Å²) < 4.78 is 29.1. The Labute approximate surface area is 405 Å². The van der Waals surface area contributed by atoms with Crippen LogP contribution in [0.3, 0.4) is 0 Å². The molecular weight excluding hydrogens is 901 g/mol. The largest absolute Gasteiger partial charge is 0.490 e. The number of aryl methyl sites for hydroxylation is 1. The number of fused-ring (bicyclic) bond motifs is 2. The normalized spacial score (nSPS) is 14.8. The van der Waals surface area contributed by atoms with Crippen molar-refractivity contribution in [2.45, 2.75) is 59.7 Å². The minimum absolute atomic E-state index is 0.0740. The van der Waals surface area contributed by atoms with Crippen LogP contribution in [0.1, 0.15) is 66.5 Å². The Kier molecular flexibility index (Phi) is 16.2. The monoisotopic (exact) mass is 958 g/mol. The van der Waals surface area contributed by atoms with Crippen molar-refractivity contribution in [2.75, 3.05) is 70.2 Å². The zero-order valence-corrected chi connectivity index (χ0v) is 40.3. The number of likely N-dealkylation sites (N-methyl/N-ethyl adjacent to an activating group) is 2. The minimum Gasteiger partial charge on any atom is -0.490 e. The van der Waals surface area contributed by atoms with Gasteiger partial charge in [0.15, 0.2) is 17.6 Å². The molecular formula is C51H58N8O11. The van der Waals surface area contributed by atoms with Gasteiger partial charge in [-0.05, 0) is 108 Å². The van der Waals surface area contributed by atoms with Gasteiger partial charge >= 0.3 is 11.9 Å². The number of benzene rings is 3. The molecule has 0 spiro atoms. The van der Waals surface area contributed by atoms with Crippen LogP contribution in [0.2, 0.25) is 0 Å². The number of aromatic amines is 2. The summed E-state index contributed by atoms with van der Waals surface area (Å²) in [5.74, 6) is -2.90. The Bertz CT molecular complexity index is 2780. The van der Waals surface area contributed by atoms with Crippen LogP contribution in [-0.2, 0) is 28.7 Å². The highest BCUT2D eigenvalue weighted by Crippen LogP contribution is 2.38. The van der Waals surface area contributed by atoms with Gasteiger partial charge in [0.25, 0.3) is 17.7 Å². The average Bonchev–Trinajstić information content (AvgIpc) is 4.07. The summed E-state index contributed by atoms with van der Waals surface area (Å²) in [5.41, 5.74) is 5.14. The summed E-state index contributed by atoms with van der Waals surface area (Å²) in [6.07, 6.45) is 1.32. The fourth-order valence-electron chi connectivity index (χ4n) is 7.96. The molecule has 0 saturated heterocycles. The van der Waals surface area contributed by atoms with Crippen LogP contribution >= 0.6 is 0 Å². The number of nitrogens with one attached hydrogen (secondary N) is 4. The second-order valence-electron chi connectivity index (χ2n) is 17.0. The van der Waals surface area contributed by atoms with E-state index in [1.165, 1.54) is 19.1 Å². The van der Waals surface area contributed by atoms with Crippen LogP contribution in [-0.4, -0.2) is 133 Å². The second-order valence-corrected chi connectivity index (χ2v) is 17.0. The zero-order valence-electron chi connectivity index (χ0n) is 40.3. The average molecular weight is 959 g/mol. The summed E-state index contributed by atoms with van der Waals surface area (Å²) >= 11 is 0. The third-order valence-electron chi connectivity index (χ3n) is 11.9. The number of H-pyrrole nitrogens is 2. The van der Waals surface area contributed by atoms with E-state index in [1.54, 1.807) is 80.8 Å². The van der Waals surface area contributed by atoms with Crippen LogP contribution in [0, 0.1) is 13.8 Å². The SMILES string of the molecule is CCN(CC)CCNC(=O)c1c(C)[nH]c(/C=C2\C(=O)Nc3ccc(OC(=O)C(C)OC(=O)CCC(=O)N(C(=O)C4COc5ccccc5O4)c4ccc(-c5cn[nH]c5)cc4OCCN(C)C)cc32)c1C. The fraction of sp³-hybridized carbons (Fsp3) is 0.353. The molecule has 0 bridgehead atoms. The molecule has 2 aliphatic heterocycles.